The summed E-state index contributed by atoms with van der Waals surface area (Å²) in [6, 6.07) is 8.24. The lowest BCUT2D eigenvalue weighted by Crippen LogP contribution is -2.37. The van der Waals surface area contributed by atoms with Crippen LogP contribution in [0.1, 0.15) is 46.1 Å². The first kappa shape index (κ1) is 14.9. The van der Waals surface area contributed by atoms with Crippen molar-refractivity contribution >= 4 is 5.91 Å². The summed E-state index contributed by atoms with van der Waals surface area (Å²) in [4.78, 5) is 11.7. The molecular formula is C17H25NO2. The molecule has 0 radical (unpaired) electrons. The van der Waals surface area contributed by atoms with Gasteiger partial charge in [0.25, 0.3) is 5.91 Å². The van der Waals surface area contributed by atoms with Crippen molar-refractivity contribution in [3.63, 3.8) is 0 Å². The van der Waals surface area contributed by atoms with Gasteiger partial charge in [-0.2, -0.15) is 0 Å². The Kier molecular flexibility index (Phi) is 4.36. The molecule has 1 saturated carbocycles. The molecular weight excluding hydrogens is 250 g/mol. The van der Waals surface area contributed by atoms with Gasteiger partial charge >= 0.3 is 0 Å². The second kappa shape index (κ2) is 5.86. The molecule has 1 aliphatic rings. The van der Waals surface area contributed by atoms with Gasteiger partial charge in [0.15, 0.2) is 6.61 Å². The average molecular weight is 275 g/mol. The number of benzene rings is 1. The van der Waals surface area contributed by atoms with Crippen LogP contribution in [0.5, 0.6) is 5.75 Å². The fourth-order valence-electron chi connectivity index (χ4n) is 2.21. The highest BCUT2D eigenvalue weighted by atomic mass is 16.5. The van der Waals surface area contributed by atoms with E-state index in [1.54, 1.807) is 0 Å². The van der Waals surface area contributed by atoms with Gasteiger partial charge in [0.1, 0.15) is 5.75 Å². The molecule has 1 atom stereocenters. The normalized spacial score (nSPS) is 16.6. The molecule has 1 aromatic carbocycles. The van der Waals surface area contributed by atoms with Crippen LogP contribution in [0.2, 0.25) is 0 Å². The second-order valence-corrected chi connectivity index (χ2v) is 6.76. The Bertz CT molecular complexity index is 455. The van der Waals surface area contributed by atoms with Gasteiger partial charge in [-0.15, -0.1) is 0 Å². The van der Waals surface area contributed by atoms with Gasteiger partial charge in [-0.1, -0.05) is 32.9 Å². The van der Waals surface area contributed by atoms with Crippen LogP contribution in [0.15, 0.2) is 24.3 Å². The number of ether oxygens (including phenoxy) is 1. The van der Waals surface area contributed by atoms with Crippen molar-refractivity contribution in [1.29, 1.82) is 0 Å². The maximum atomic E-state index is 11.7. The molecule has 0 aromatic heterocycles. The van der Waals surface area contributed by atoms with Crippen molar-refractivity contribution in [2.24, 2.45) is 5.92 Å². The summed E-state index contributed by atoms with van der Waals surface area (Å²) in [7, 11) is 0. The highest BCUT2D eigenvalue weighted by molar-refractivity contribution is 5.77. The lowest BCUT2D eigenvalue weighted by atomic mass is 9.87. The lowest BCUT2D eigenvalue weighted by molar-refractivity contribution is -0.123. The van der Waals surface area contributed by atoms with Gasteiger partial charge in [-0.05, 0) is 48.8 Å². The van der Waals surface area contributed by atoms with Gasteiger partial charge in [-0.25, -0.2) is 0 Å². The van der Waals surface area contributed by atoms with Crippen LogP contribution in [0.3, 0.4) is 0 Å². The number of hydrogen-bond acceptors (Lipinski definition) is 2. The topological polar surface area (TPSA) is 38.3 Å². The van der Waals surface area contributed by atoms with Gasteiger partial charge in [-0.3, -0.25) is 4.79 Å². The van der Waals surface area contributed by atoms with E-state index in [9.17, 15) is 4.79 Å². The number of nitrogens with one attached hydrogen (secondary N) is 1. The van der Waals surface area contributed by atoms with E-state index < -0.39 is 0 Å². The highest BCUT2D eigenvalue weighted by Crippen LogP contribution is 2.32. The largest absolute Gasteiger partial charge is 0.484 e. The third-order valence-corrected chi connectivity index (χ3v) is 3.81. The Morgan fingerprint density at radius 1 is 1.30 bits per heavy atom. The van der Waals surface area contributed by atoms with Gasteiger partial charge in [0.05, 0.1) is 0 Å². The van der Waals surface area contributed by atoms with Crippen molar-refractivity contribution in [2.75, 3.05) is 6.61 Å². The molecule has 110 valence electrons. The Morgan fingerprint density at radius 3 is 2.40 bits per heavy atom. The molecule has 1 unspecified atom stereocenters. The fourth-order valence-corrected chi connectivity index (χ4v) is 2.21. The van der Waals surface area contributed by atoms with Crippen LogP contribution in [0, 0.1) is 5.92 Å². The Morgan fingerprint density at radius 2 is 1.90 bits per heavy atom. The van der Waals surface area contributed by atoms with E-state index >= 15 is 0 Å². The zero-order valence-electron chi connectivity index (χ0n) is 12.9. The van der Waals surface area contributed by atoms with Crippen LogP contribution in [0.25, 0.3) is 0 Å². The van der Waals surface area contributed by atoms with Crippen LogP contribution in [-0.2, 0) is 10.2 Å². The third kappa shape index (κ3) is 4.26. The van der Waals surface area contributed by atoms with Crippen molar-refractivity contribution in [2.45, 2.75) is 52.0 Å². The molecule has 3 heteroatoms. The number of carbonyl (C=O) groups is 1. The molecule has 1 amide bonds. The summed E-state index contributed by atoms with van der Waals surface area (Å²) >= 11 is 0. The molecule has 1 aromatic rings. The summed E-state index contributed by atoms with van der Waals surface area (Å²) in [6.45, 7) is 8.68. The number of hydrogen-bond donors (Lipinski definition) is 1. The standard InChI is InChI=1S/C17H25NO2/c1-12(13-5-6-13)18-16(19)11-20-15-9-7-14(8-10-15)17(2,3)4/h7-10,12-13H,5-6,11H2,1-4H3,(H,18,19). The summed E-state index contributed by atoms with van der Waals surface area (Å²) in [5, 5.41) is 2.98. The maximum absolute atomic E-state index is 11.7. The van der Waals surface area contributed by atoms with E-state index in [0.29, 0.717) is 5.92 Å². The molecule has 0 bridgehead atoms. The van der Waals surface area contributed by atoms with Crippen molar-refractivity contribution in [3.05, 3.63) is 29.8 Å². The highest BCUT2D eigenvalue weighted by Gasteiger charge is 2.28. The molecule has 1 N–H and O–H groups in total. The molecule has 3 nitrogen and oxygen atoms in total. The SMILES string of the molecule is CC(NC(=O)COc1ccc(C(C)(C)C)cc1)C1CC1. The molecule has 0 aliphatic heterocycles. The summed E-state index contributed by atoms with van der Waals surface area (Å²) in [6.07, 6.45) is 2.47. The zero-order valence-corrected chi connectivity index (χ0v) is 12.9. The van der Waals surface area contributed by atoms with Crippen molar-refractivity contribution < 1.29 is 9.53 Å². The van der Waals surface area contributed by atoms with Crippen molar-refractivity contribution in [3.8, 4) is 5.75 Å². The minimum absolute atomic E-state index is 0.0377. The minimum atomic E-state index is -0.0377. The zero-order chi connectivity index (χ0) is 14.8. The summed E-state index contributed by atoms with van der Waals surface area (Å²) in [5.74, 6) is 1.38. The molecule has 2 rings (SSSR count). The van der Waals surface area contributed by atoms with E-state index in [1.807, 2.05) is 12.1 Å². The van der Waals surface area contributed by atoms with E-state index in [1.165, 1.54) is 18.4 Å². The van der Waals surface area contributed by atoms with Crippen LogP contribution < -0.4 is 10.1 Å². The third-order valence-electron chi connectivity index (χ3n) is 3.81. The van der Waals surface area contributed by atoms with Gasteiger partial charge < -0.3 is 10.1 Å². The number of rotatable bonds is 5. The average Bonchev–Trinajstić information content (AvgIpc) is 3.20. The Hall–Kier alpha value is -1.51. The molecule has 0 spiro atoms. The predicted molar refractivity (Wildman–Crippen MR) is 81.0 cm³/mol. The first-order valence-electron chi connectivity index (χ1n) is 7.39. The Labute approximate surface area is 121 Å². The maximum Gasteiger partial charge on any atom is 0.258 e. The van der Waals surface area contributed by atoms with E-state index in [2.05, 4.69) is 45.1 Å². The molecule has 20 heavy (non-hydrogen) atoms. The predicted octanol–water partition coefficient (Wildman–Crippen LogP) is 3.28. The van der Waals surface area contributed by atoms with E-state index in [0.717, 1.165) is 5.75 Å². The first-order valence-corrected chi connectivity index (χ1v) is 7.39. The van der Waals surface area contributed by atoms with E-state index in [-0.39, 0.29) is 24.0 Å². The monoisotopic (exact) mass is 275 g/mol. The number of carbonyl (C=O) groups excluding carboxylic acids is 1. The van der Waals surface area contributed by atoms with Crippen LogP contribution in [0.4, 0.5) is 0 Å². The molecule has 0 heterocycles. The van der Waals surface area contributed by atoms with Crippen molar-refractivity contribution in [1.82, 2.24) is 5.32 Å². The first-order chi connectivity index (χ1) is 9.36. The smallest absolute Gasteiger partial charge is 0.258 e. The minimum Gasteiger partial charge on any atom is -0.484 e. The van der Waals surface area contributed by atoms with Crippen LogP contribution >= 0.6 is 0 Å². The number of amides is 1. The Balaban J connectivity index is 1.80. The molecule has 1 aliphatic carbocycles. The molecule has 0 saturated heterocycles. The second-order valence-electron chi connectivity index (χ2n) is 6.76. The van der Waals surface area contributed by atoms with E-state index in [4.69, 9.17) is 4.74 Å². The molecule has 1 fully saturated rings. The van der Waals surface area contributed by atoms with Crippen LogP contribution in [-0.4, -0.2) is 18.6 Å². The van der Waals surface area contributed by atoms with Gasteiger partial charge in [0, 0.05) is 6.04 Å². The lowest BCUT2D eigenvalue weighted by Gasteiger charge is -2.19. The van der Waals surface area contributed by atoms with Gasteiger partial charge in [0.2, 0.25) is 0 Å². The quantitative estimate of drug-likeness (QED) is 0.895. The fraction of sp³-hybridized carbons (Fsp3) is 0.588. The summed E-state index contributed by atoms with van der Waals surface area (Å²) < 4.78 is 5.52. The summed E-state index contributed by atoms with van der Waals surface area (Å²) in [5.41, 5.74) is 1.40.